The predicted octanol–water partition coefficient (Wildman–Crippen LogP) is 3.84. The number of aryl methyl sites for hydroxylation is 1. The maximum atomic E-state index is 12.6. The first kappa shape index (κ1) is 9.58. The van der Waals surface area contributed by atoms with Crippen LogP contribution >= 0.6 is 15.9 Å². The molecule has 5 heteroatoms. The summed E-state index contributed by atoms with van der Waals surface area (Å²) in [5.41, 5.74) is 1.25. The normalized spacial score (nSPS) is 11.5. The Morgan fingerprint density at radius 3 is 2.79 bits per heavy atom. The van der Waals surface area contributed by atoms with E-state index in [0.717, 1.165) is 5.56 Å². The van der Waals surface area contributed by atoms with Crippen LogP contribution in [-0.2, 0) is 0 Å². The van der Waals surface area contributed by atoms with Gasteiger partial charge in [0.1, 0.15) is 5.52 Å². The van der Waals surface area contributed by atoms with Crippen LogP contribution in [0.15, 0.2) is 21.3 Å². The topological polar surface area (TPSA) is 26.0 Å². The van der Waals surface area contributed by atoms with Crippen LogP contribution in [0.5, 0.6) is 0 Å². The first-order valence-corrected chi connectivity index (χ1v) is 4.72. The van der Waals surface area contributed by atoms with Gasteiger partial charge in [-0.3, -0.25) is 0 Å². The zero-order valence-corrected chi connectivity index (χ0v) is 8.81. The van der Waals surface area contributed by atoms with Gasteiger partial charge in [-0.1, -0.05) is 0 Å². The number of hydrogen-bond donors (Lipinski definition) is 0. The van der Waals surface area contributed by atoms with Gasteiger partial charge in [0.05, 0.1) is 0 Å². The molecule has 0 saturated carbocycles. The molecular weight excluding hydrogens is 256 g/mol. The van der Waals surface area contributed by atoms with E-state index in [2.05, 4.69) is 20.9 Å². The van der Waals surface area contributed by atoms with Gasteiger partial charge < -0.3 is 4.42 Å². The molecule has 2 aromatic rings. The van der Waals surface area contributed by atoms with Crippen LogP contribution in [-0.4, -0.2) is 4.98 Å². The number of halogens is 3. The molecule has 2 nitrogen and oxygen atoms in total. The summed E-state index contributed by atoms with van der Waals surface area (Å²) in [6, 6.07) is 3.10. The molecule has 1 aromatic carbocycles. The van der Waals surface area contributed by atoms with Crippen LogP contribution in [0.2, 0.25) is 0 Å². The highest BCUT2D eigenvalue weighted by Crippen LogP contribution is 2.30. The van der Waals surface area contributed by atoms with Crippen molar-refractivity contribution < 1.29 is 13.2 Å². The average Bonchev–Trinajstić information content (AvgIpc) is 2.42. The van der Waals surface area contributed by atoms with Gasteiger partial charge in [-0.15, -0.1) is 0 Å². The molecule has 0 aliphatic rings. The Hall–Kier alpha value is -0.970. The Morgan fingerprint density at radius 2 is 2.14 bits per heavy atom. The smallest absolute Gasteiger partial charge is 0.266 e. The van der Waals surface area contributed by atoms with Crippen molar-refractivity contribution >= 4 is 27.0 Å². The molecule has 0 atom stereocenters. The van der Waals surface area contributed by atoms with E-state index >= 15 is 0 Å². The molecule has 1 heterocycles. The second-order valence-electron chi connectivity index (χ2n) is 2.97. The van der Waals surface area contributed by atoms with Gasteiger partial charge >= 0.3 is 0 Å². The molecule has 74 valence electrons. The zero-order chi connectivity index (χ0) is 10.3. The van der Waals surface area contributed by atoms with E-state index in [1.54, 1.807) is 13.0 Å². The monoisotopic (exact) mass is 261 g/mol. The summed E-state index contributed by atoms with van der Waals surface area (Å²) < 4.78 is 30.3. The van der Waals surface area contributed by atoms with Gasteiger partial charge in [-0.25, -0.2) is 13.8 Å². The second kappa shape index (κ2) is 3.31. The molecule has 0 radical (unpaired) electrons. The molecule has 0 saturated heterocycles. The summed E-state index contributed by atoms with van der Waals surface area (Å²) in [5, 5.41) is 0. The van der Waals surface area contributed by atoms with E-state index in [9.17, 15) is 8.78 Å². The fourth-order valence-electron chi connectivity index (χ4n) is 1.34. The van der Waals surface area contributed by atoms with Crippen LogP contribution in [0.25, 0.3) is 11.1 Å². The van der Waals surface area contributed by atoms with Crippen molar-refractivity contribution in [2.45, 2.75) is 13.3 Å². The Labute approximate surface area is 87.1 Å². The third kappa shape index (κ3) is 1.52. The average molecular weight is 262 g/mol. The lowest BCUT2D eigenvalue weighted by atomic mass is 10.1. The quantitative estimate of drug-likeness (QED) is 0.780. The van der Waals surface area contributed by atoms with Crippen molar-refractivity contribution in [1.29, 1.82) is 0 Å². The number of rotatable bonds is 1. The molecule has 0 N–H and O–H groups in total. The molecule has 0 spiro atoms. The van der Waals surface area contributed by atoms with E-state index in [0.29, 0.717) is 5.58 Å². The largest absolute Gasteiger partial charge is 0.431 e. The number of alkyl halides is 2. The fraction of sp³-hybridized carbons (Fsp3) is 0.222. The van der Waals surface area contributed by atoms with E-state index in [-0.39, 0.29) is 15.9 Å². The van der Waals surface area contributed by atoms with Crippen molar-refractivity contribution in [3.8, 4) is 0 Å². The van der Waals surface area contributed by atoms with Gasteiger partial charge in [0.15, 0.2) is 5.58 Å². The Kier molecular flexibility index (Phi) is 2.26. The van der Waals surface area contributed by atoms with Crippen LogP contribution in [0, 0.1) is 6.92 Å². The third-order valence-corrected chi connectivity index (χ3v) is 2.22. The van der Waals surface area contributed by atoms with Crippen LogP contribution in [0.3, 0.4) is 0 Å². The Morgan fingerprint density at radius 1 is 1.43 bits per heavy atom. The van der Waals surface area contributed by atoms with Gasteiger partial charge in [-0.2, -0.15) is 0 Å². The molecule has 2 rings (SSSR count). The van der Waals surface area contributed by atoms with Crippen molar-refractivity contribution in [3.63, 3.8) is 0 Å². The lowest BCUT2D eigenvalue weighted by Crippen LogP contribution is -1.87. The Balaban J connectivity index is 2.79. The van der Waals surface area contributed by atoms with Crippen LogP contribution in [0.1, 0.15) is 17.6 Å². The molecule has 0 amide bonds. The van der Waals surface area contributed by atoms with E-state index in [4.69, 9.17) is 4.42 Å². The minimum absolute atomic E-state index is 0.0885. The summed E-state index contributed by atoms with van der Waals surface area (Å²) in [7, 11) is 0. The number of hydrogen-bond acceptors (Lipinski definition) is 2. The number of benzene rings is 1. The summed E-state index contributed by atoms with van der Waals surface area (Å²) >= 11 is 3.01. The summed E-state index contributed by atoms with van der Waals surface area (Å²) in [6.45, 7) is 1.74. The zero-order valence-electron chi connectivity index (χ0n) is 7.22. The molecule has 1 aromatic heterocycles. The van der Waals surface area contributed by atoms with Gasteiger partial charge in [-0.05, 0) is 24.6 Å². The van der Waals surface area contributed by atoms with Gasteiger partial charge in [0.25, 0.3) is 11.2 Å². The maximum Gasteiger partial charge on any atom is 0.266 e. The van der Waals surface area contributed by atoms with Gasteiger partial charge in [0.2, 0.25) is 0 Å². The summed E-state index contributed by atoms with van der Waals surface area (Å²) in [6.07, 6.45) is -2.53. The SMILES string of the molecule is Cc1cc(C(F)F)c2nc(Br)oc2c1. The molecular formula is C9H6BrF2NO. The minimum Gasteiger partial charge on any atom is -0.431 e. The van der Waals surface area contributed by atoms with Crippen molar-refractivity contribution in [3.05, 3.63) is 28.1 Å². The van der Waals surface area contributed by atoms with Crippen LogP contribution in [0.4, 0.5) is 8.78 Å². The maximum absolute atomic E-state index is 12.6. The standard InChI is InChI=1S/C9H6BrF2NO/c1-4-2-5(8(11)12)7-6(3-4)14-9(10)13-7/h2-3,8H,1H3. The molecule has 0 fully saturated rings. The van der Waals surface area contributed by atoms with Crippen molar-refractivity contribution in [1.82, 2.24) is 4.98 Å². The van der Waals surface area contributed by atoms with Crippen molar-refractivity contribution in [2.75, 3.05) is 0 Å². The van der Waals surface area contributed by atoms with Gasteiger partial charge in [0, 0.05) is 21.5 Å². The van der Waals surface area contributed by atoms with Crippen molar-refractivity contribution in [2.24, 2.45) is 0 Å². The summed E-state index contributed by atoms with van der Waals surface area (Å²) in [4.78, 5) is 4.07. The number of nitrogens with zero attached hydrogens (tertiary/aromatic N) is 1. The van der Waals surface area contributed by atoms with E-state index in [1.807, 2.05) is 0 Å². The lowest BCUT2D eigenvalue weighted by molar-refractivity contribution is 0.153. The summed E-state index contributed by atoms with van der Waals surface area (Å²) in [5.74, 6) is 0. The Bertz CT molecular complexity index is 481. The highest BCUT2D eigenvalue weighted by molar-refractivity contribution is 9.10. The number of aromatic nitrogens is 1. The third-order valence-electron chi connectivity index (χ3n) is 1.88. The molecule has 0 bridgehead atoms. The lowest BCUT2D eigenvalue weighted by Gasteiger charge is -2.00. The fourth-order valence-corrected chi connectivity index (χ4v) is 1.69. The van der Waals surface area contributed by atoms with Crippen LogP contribution < -0.4 is 0 Å². The molecule has 0 aliphatic heterocycles. The van der Waals surface area contributed by atoms with E-state index < -0.39 is 6.43 Å². The number of oxazole rings is 1. The second-order valence-corrected chi connectivity index (χ2v) is 3.65. The molecule has 14 heavy (non-hydrogen) atoms. The molecule has 0 aliphatic carbocycles. The first-order valence-electron chi connectivity index (χ1n) is 3.92. The highest BCUT2D eigenvalue weighted by Gasteiger charge is 2.16. The number of fused-ring (bicyclic) bond motifs is 1. The predicted molar refractivity (Wildman–Crippen MR) is 51.4 cm³/mol. The highest BCUT2D eigenvalue weighted by atomic mass is 79.9. The first-order chi connectivity index (χ1) is 6.58. The molecule has 0 unspecified atom stereocenters. The van der Waals surface area contributed by atoms with E-state index in [1.165, 1.54) is 6.07 Å². The minimum atomic E-state index is -2.53.